The van der Waals surface area contributed by atoms with Crippen LogP contribution in [0.25, 0.3) is 0 Å². The minimum atomic E-state index is -0.292. The van der Waals surface area contributed by atoms with Gasteiger partial charge in [-0.15, -0.1) is 4.68 Å². The van der Waals surface area contributed by atoms with Gasteiger partial charge in [0.15, 0.2) is 12.2 Å². The summed E-state index contributed by atoms with van der Waals surface area (Å²) in [6, 6.07) is 0. The second-order valence-corrected chi connectivity index (χ2v) is 3.63. The third-order valence-electron chi connectivity index (χ3n) is 1.58. The van der Waals surface area contributed by atoms with Gasteiger partial charge < -0.3 is 4.74 Å². The first kappa shape index (κ1) is 10.5. The van der Waals surface area contributed by atoms with Crippen molar-refractivity contribution in [1.82, 2.24) is 5.10 Å². The van der Waals surface area contributed by atoms with Crippen molar-refractivity contribution >= 4 is 28.6 Å². The van der Waals surface area contributed by atoms with E-state index in [1.165, 1.54) is 0 Å². The van der Waals surface area contributed by atoms with E-state index in [0.717, 1.165) is 10.1 Å². The Morgan fingerprint density at radius 1 is 1.69 bits per heavy atom. The highest BCUT2D eigenvalue weighted by Gasteiger charge is 2.18. The number of rotatable bonds is 3. The second-order valence-electron chi connectivity index (χ2n) is 2.47. The average molecular weight is 295 g/mol. The number of nitrogens with zero attached hydrogens (tertiary/aromatic N) is 1. The number of aromatic nitrogens is 2. The molecular formula is C8H12IN2O2+. The van der Waals surface area contributed by atoms with Gasteiger partial charge in [-0.25, -0.2) is 4.79 Å². The molecule has 0 aromatic carbocycles. The van der Waals surface area contributed by atoms with Gasteiger partial charge in [-0.1, -0.05) is 0 Å². The maximum Gasteiger partial charge on any atom is 0.361 e. The predicted molar refractivity (Wildman–Crippen MR) is 55.3 cm³/mol. The SMILES string of the molecule is CCOC(=O)c1[nH][n+](CC)cc1I. The molecule has 0 atom stereocenters. The van der Waals surface area contributed by atoms with Crippen LogP contribution in [0.15, 0.2) is 6.20 Å². The highest BCUT2D eigenvalue weighted by Crippen LogP contribution is 2.07. The molecule has 0 amide bonds. The topological polar surface area (TPSA) is 46.0 Å². The van der Waals surface area contributed by atoms with Gasteiger partial charge in [0.2, 0.25) is 6.20 Å². The summed E-state index contributed by atoms with van der Waals surface area (Å²) >= 11 is 2.11. The molecule has 0 aliphatic rings. The Morgan fingerprint density at radius 2 is 2.38 bits per heavy atom. The number of carbonyl (C=O) groups is 1. The molecule has 1 aromatic heterocycles. The zero-order chi connectivity index (χ0) is 9.84. The van der Waals surface area contributed by atoms with Gasteiger partial charge in [-0.2, -0.15) is 5.10 Å². The molecule has 0 saturated carbocycles. The molecule has 4 nitrogen and oxygen atoms in total. The standard InChI is InChI=1S/C8H11IN2O2/c1-3-11-5-6(9)7(10-11)8(12)13-4-2/h5H,3-4H2,1-2H3/p+1. The summed E-state index contributed by atoms with van der Waals surface area (Å²) in [5, 5.41) is 2.95. The van der Waals surface area contributed by atoms with Crippen molar-refractivity contribution in [2.24, 2.45) is 0 Å². The minimum absolute atomic E-state index is 0.292. The monoisotopic (exact) mass is 295 g/mol. The lowest BCUT2D eigenvalue weighted by molar-refractivity contribution is -0.747. The van der Waals surface area contributed by atoms with Gasteiger partial charge in [0, 0.05) is 0 Å². The van der Waals surface area contributed by atoms with Gasteiger partial charge in [0.05, 0.1) is 6.61 Å². The minimum Gasteiger partial charge on any atom is -0.461 e. The molecule has 0 spiro atoms. The summed E-state index contributed by atoms with van der Waals surface area (Å²) in [5.74, 6) is -0.292. The maximum atomic E-state index is 11.3. The van der Waals surface area contributed by atoms with Crippen LogP contribution in [0.4, 0.5) is 0 Å². The number of halogens is 1. The molecule has 1 rings (SSSR count). The predicted octanol–water partition coefficient (Wildman–Crippen LogP) is 1.10. The van der Waals surface area contributed by atoms with Crippen LogP contribution in [0.3, 0.4) is 0 Å². The summed E-state index contributed by atoms with van der Waals surface area (Å²) in [6.07, 6.45) is 1.88. The molecule has 0 saturated heterocycles. The number of aryl methyl sites for hydroxylation is 1. The van der Waals surface area contributed by atoms with Gasteiger partial charge in [0.25, 0.3) is 0 Å². The molecule has 0 unspecified atom stereocenters. The van der Waals surface area contributed by atoms with Crippen molar-refractivity contribution in [2.45, 2.75) is 20.4 Å². The van der Waals surface area contributed by atoms with Gasteiger partial charge >= 0.3 is 5.97 Å². The van der Waals surface area contributed by atoms with Crippen LogP contribution in [-0.4, -0.2) is 17.7 Å². The quantitative estimate of drug-likeness (QED) is 0.516. The third kappa shape index (κ3) is 2.43. The molecular weight excluding hydrogens is 283 g/mol. The van der Waals surface area contributed by atoms with Gasteiger partial charge in [-0.3, -0.25) is 0 Å². The Hall–Kier alpha value is -0.590. The summed E-state index contributed by atoms with van der Waals surface area (Å²) < 4.78 is 7.61. The van der Waals surface area contributed by atoms with E-state index < -0.39 is 0 Å². The molecule has 13 heavy (non-hydrogen) atoms. The number of aromatic amines is 1. The van der Waals surface area contributed by atoms with E-state index in [0.29, 0.717) is 12.3 Å². The number of nitrogens with one attached hydrogen (secondary N) is 1. The zero-order valence-corrected chi connectivity index (χ0v) is 9.79. The van der Waals surface area contributed by atoms with E-state index >= 15 is 0 Å². The molecule has 0 aliphatic heterocycles. The highest BCUT2D eigenvalue weighted by molar-refractivity contribution is 14.1. The van der Waals surface area contributed by atoms with Crippen molar-refractivity contribution in [2.75, 3.05) is 6.61 Å². The van der Waals surface area contributed by atoms with Crippen molar-refractivity contribution in [3.63, 3.8) is 0 Å². The summed E-state index contributed by atoms with van der Waals surface area (Å²) in [4.78, 5) is 11.3. The van der Waals surface area contributed by atoms with E-state index in [1.807, 2.05) is 17.8 Å². The molecule has 72 valence electrons. The summed E-state index contributed by atoms with van der Waals surface area (Å²) in [5.41, 5.74) is 0.532. The zero-order valence-electron chi connectivity index (χ0n) is 7.63. The van der Waals surface area contributed by atoms with Gasteiger partial charge in [-0.05, 0) is 36.4 Å². The number of H-pyrrole nitrogens is 1. The summed E-state index contributed by atoms with van der Waals surface area (Å²) in [6.45, 7) is 5.01. The van der Waals surface area contributed by atoms with E-state index in [9.17, 15) is 4.79 Å². The fourth-order valence-corrected chi connectivity index (χ4v) is 1.62. The van der Waals surface area contributed by atoms with E-state index in [4.69, 9.17) is 4.74 Å². The Labute approximate surface area is 90.4 Å². The Morgan fingerprint density at radius 3 is 2.85 bits per heavy atom. The number of hydrogen-bond donors (Lipinski definition) is 1. The smallest absolute Gasteiger partial charge is 0.361 e. The van der Waals surface area contributed by atoms with Crippen LogP contribution in [0.1, 0.15) is 24.3 Å². The Balaban J connectivity index is 2.87. The molecule has 0 bridgehead atoms. The van der Waals surface area contributed by atoms with Crippen molar-refractivity contribution in [3.8, 4) is 0 Å². The van der Waals surface area contributed by atoms with E-state index in [1.54, 1.807) is 6.92 Å². The summed E-state index contributed by atoms with van der Waals surface area (Å²) in [7, 11) is 0. The van der Waals surface area contributed by atoms with Crippen molar-refractivity contribution in [3.05, 3.63) is 15.5 Å². The molecule has 1 heterocycles. The van der Waals surface area contributed by atoms with Crippen LogP contribution in [-0.2, 0) is 11.3 Å². The Kier molecular flexibility index (Phi) is 3.71. The molecule has 1 aromatic rings. The number of esters is 1. The number of carbonyl (C=O) groups excluding carboxylic acids is 1. The molecule has 0 radical (unpaired) electrons. The Bertz CT molecular complexity index is 309. The molecule has 0 fully saturated rings. The fourth-order valence-electron chi connectivity index (χ4n) is 0.947. The number of ether oxygens (including phenoxy) is 1. The van der Waals surface area contributed by atoms with Gasteiger partial charge in [0.1, 0.15) is 3.57 Å². The van der Waals surface area contributed by atoms with Crippen LogP contribution in [0.5, 0.6) is 0 Å². The first-order chi connectivity index (χ1) is 6.19. The molecule has 1 N–H and O–H groups in total. The first-order valence-corrected chi connectivity index (χ1v) is 5.22. The second kappa shape index (κ2) is 4.59. The lowest BCUT2D eigenvalue weighted by Crippen LogP contribution is -2.33. The first-order valence-electron chi connectivity index (χ1n) is 4.14. The third-order valence-corrected chi connectivity index (χ3v) is 2.40. The lowest BCUT2D eigenvalue weighted by atomic mass is 10.4. The lowest BCUT2D eigenvalue weighted by Gasteiger charge is -1.96. The maximum absolute atomic E-state index is 11.3. The number of hydrogen-bond acceptors (Lipinski definition) is 2. The van der Waals surface area contributed by atoms with Crippen LogP contribution in [0, 0.1) is 3.57 Å². The van der Waals surface area contributed by atoms with E-state index in [-0.39, 0.29) is 5.97 Å². The van der Waals surface area contributed by atoms with Crippen LogP contribution < -0.4 is 4.68 Å². The largest absolute Gasteiger partial charge is 0.461 e. The normalized spacial score (nSPS) is 10.1. The highest BCUT2D eigenvalue weighted by atomic mass is 127. The molecule has 5 heteroatoms. The van der Waals surface area contributed by atoms with Crippen molar-refractivity contribution < 1.29 is 14.2 Å². The fraction of sp³-hybridized carbons (Fsp3) is 0.500. The van der Waals surface area contributed by atoms with Crippen molar-refractivity contribution in [1.29, 1.82) is 0 Å². The van der Waals surface area contributed by atoms with Crippen LogP contribution in [0.2, 0.25) is 0 Å². The van der Waals surface area contributed by atoms with E-state index in [2.05, 4.69) is 27.7 Å². The average Bonchev–Trinajstić information content (AvgIpc) is 2.47. The van der Waals surface area contributed by atoms with Crippen LogP contribution >= 0.6 is 22.6 Å². The molecule has 0 aliphatic carbocycles.